The number of aromatic amines is 1. The van der Waals surface area contributed by atoms with Crippen molar-refractivity contribution in [2.45, 2.75) is 84.3 Å². The third-order valence-electron chi connectivity index (χ3n) is 6.14. The van der Waals surface area contributed by atoms with Gasteiger partial charge in [0, 0.05) is 30.2 Å². The van der Waals surface area contributed by atoms with Crippen LogP contribution in [0.25, 0.3) is 0 Å². The van der Waals surface area contributed by atoms with Crippen LogP contribution in [0.1, 0.15) is 80.8 Å². The summed E-state index contributed by atoms with van der Waals surface area (Å²) < 4.78 is 0. The second-order valence-electron chi connectivity index (χ2n) is 8.77. The van der Waals surface area contributed by atoms with Crippen LogP contribution in [0.15, 0.2) is 48.8 Å². The summed E-state index contributed by atoms with van der Waals surface area (Å²) in [6.07, 6.45) is 8.50. The molecular weight excluding hydrogens is 368 g/mol. The minimum absolute atomic E-state index is 0.331. The standard InChI is InChI=1S/C26H42N4/c1-6-15-26(27,23(5)30-19-24-12-10-20(2)11-13-24)16-8-7-9-17-28-21(3)25-14-18-29-22(25)4/h10-14,18,21,28-30H,5-9,15-17,19,27H2,1-4H3. The Morgan fingerprint density at radius 1 is 1.10 bits per heavy atom. The van der Waals surface area contributed by atoms with Gasteiger partial charge in [0.15, 0.2) is 0 Å². The Bertz CT molecular complexity index is 762. The first kappa shape index (κ1) is 24.2. The molecule has 0 saturated carbocycles. The zero-order valence-electron chi connectivity index (χ0n) is 19.5. The lowest BCUT2D eigenvalue weighted by atomic mass is 9.85. The number of benzene rings is 1. The normalized spacial score (nSPS) is 14.3. The summed E-state index contributed by atoms with van der Waals surface area (Å²) in [6, 6.07) is 11.2. The molecule has 0 spiro atoms. The number of nitrogens with two attached hydrogens (primary N) is 1. The molecule has 4 heteroatoms. The quantitative estimate of drug-likeness (QED) is 0.305. The second-order valence-corrected chi connectivity index (χ2v) is 8.77. The minimum Gasteiger partial charge on any atom is -0.383 e. The van der Waals surface area contributed by atoms with E-state index in [1.54, 1.807) is 0 Å². The van der Waals surface area contributed by atoms with Gasteiger partial charge in [-0.3, -0.25) is 0 Å². The summed E-state index contributed by atoms with van der Waals surface area (Å²) in [5.74, 6) is 0. The van der Waals surface area contributed by atoms with Crippen LogP contribution in [-0.2, 0) is 6.54 Å². The summed E-state index contributed by atoms with van der Waals surface area (Å²) in [4.78, 5) is 3.25. The maximum Gasteiger partial charge on any atom is 0.0552 e. The van der Waals surface area contributed by atoms with Crippen molar-refractivity contribution in [3.05, 3.63) is 71.2 Å². The number of nitrogens with one attached hydrogen (secondary N) is 3. The Morgan fingerprint density at radius 3 is 2.47 bits per heavy atom. The van der Waals surface area contributed by atoms with E-state index in [1.807, 2.05) is 6.20 Å². The average molecular weight is 411 g/mol. The van der Waals surface area contributed by atoms with Gasteiger partial charge in [0.25, 0.3) is 0 Å². The highest BCUT2D eigenvalue weighted by molar-refractivity contribution is 5.23. The molecule has 0 aliphatic carbocycles. The van der Waals surface area contributed by atoms with Crippen molar-refractivity contribution in [3.63, 3.8) is 0 Å². The molecule has 0 amide bonds. The number of H-pyrrole nitrogens is 1. The lowest BCUT2D eigenvalue weighted by Gasteiger charge is -2.32. The molecule has 0 bridgehead atoms. The summed E-state index contributed by atoms with van der Waals surface area (Å²) >= 11 is 0. The van der Waals surface area contributed by atoms with Crippen LogP contribution in [0.5, 0.6) is 0 Å². The van der Waals surface area contributed by atoms with E-state index in [1.165, 1.54) is 35.2 Å². The average Bonchev–Trinajstić information content (AvgIpc) is 3.16. The van der Waals surface area contributed by atoms with Crippen molar-refractivity contribution < 1.29 is 0 Å². The van der Waals surface area contributed by atoms with Crippen LogP contribution in [-0.4, -0.2) is 17.1 Å². The Hall–Kier alpha value is -2.04. The maximum absolute atomic E-state index is 6.80. The monoisotopic (exact) mass is 410 g/mol. The van der Waals surface area contributed by atoms with Gasteiger partial charge in [-0.1, -0.05) is 62.6 Å². The first-order chi connectivity index (χ1) is 14.4. The van der Waals surface area contributed by atoms with E-state index in [4.69, 9.17) is 5.73 Å². The molecule has 2 atom stereocenters. The molecule has 1 aromatic carbocycles. The fourth-order valence-corrected chi connectivity index (χ4v) is 4.07. The van der Waals surface area contributed by atoms with E-state index in [0.29, 0.717) is 6.04 Å². The number of aryl methyl sites for hydroxylation is 2. The third kappa shape index (κ3) is 7.33. The smallest absolute Gasteiger partial charge is 0.0552 e. The van der Waals surface area contributed by atoms with Crippen molar-refractivity contribution in [3.8, 4) is 0 Å². The lowest BCUT2D eigenvalue weighted by molar-refractivity contribution is 0.378. The van der Waals surface area contributed by atoms with Gasteiger partial charge in [-0.05, 0) is 63.8 Å². The molecule has 166 valence electrons. The minimum atomic E-state index is -0.331. The zero-order chi connectivity index (χ0) is 22.0. The van der Waals surface area contributed by atoms with Crippen LogP contribution < -0.4 is 16.4 Å². The second kappa shape index (κ2) is 12.0. The Kier molecular flexibility index (Phi) is 9.67. The molecular formula is C26H42N4. The molecule has 0 aliphatic heterocycles. The fourth-order valence-electron chi connectivity index (χ4n) is 4.07. The van der Waals surface area contributed by atoms with Crippen molar-refractivity contribution in [1.82, 2.24) is 15.6 Å². The maximum atomic E-state index is 6.80. The summed E-state index contributed by atoms with van der Waals surface area (Å²) in [7, 11) is 0. The van der Waals surface area contributed by atoms with Gasteiger partial charge in [-0.2, -0.15) is 0 Å². The summed E-state index contributed by atoms with van der Waals surface area (Å²) in [5.41, 5.74) is 12.6. The van der Waals surface area contributed by atoms with E-state index < -0.39 is 0 Å². The highest BCUT2D eigenvalue weighted by atomic mass is 15.0. The molecule has 30 heavy (non-hydrogen) atoms. The van der Waals surface area contributed by atoms with Crippen LogP contribution >= 0.6 is 0 Å². The molecule has 2 rings (SSSR count). The number of hydrogen-bond acceptors (Lipinski definition) is 3. The SMILES string of the molecule is C=C(NCc1ccc(C)cc1)C(N)(CCC)CCCCCNC(C)c1cc[nH]c1C. The van der Waals surface area contributed by atoms with Gasteiger partial charge < -0.3 is 21.4 Å². The van der Waals surface area contributed by atoms with Crippen molar-refractivity contribution in [1.29, 1.82) is 0 Å². The van der Waals surface area contributed by atoms with Gasteiger partial charge in [-0.15, -0.1) is 0 Å². The zero-order valence-corrected chi connectivity index (χ0v) is 19.5. The first-order valence-corrected chi connectivity index (χ1v) is 11.5. The summed E-state index contributed by atoms with van der Waals surface area (Å²) in [6.45, 7) is 14.8. The Balaban J connectivity index is 1.71. The summed E-state index contributed by atoms with van der Waals surface area (Å²) in [5, 5.41) is 7.13. The molecule has 0 radical (unpaired) electrons. The van der Waals surface area contributed by atoms with Gasteiger partial charge >= 0.3 is 0 Å². The molecule has 5 N–H and O–H groups in total. The van der Waals surface area contributed by atoms with E-state index in [-0.39, 0.29) is 5.54 Å². The molecule has 0 fully saturated rings. The van der Waals surface area contributed by atoms with Gasteiger partial charge in [-0.25, -0.2) is 0 Å². The highest BCUT2D eigenvalue weighted by Gasteiger charge is 2.27. The van der Waals surface area contributed by atoms with Crippen LogP contribution in [0.3, 0.4) is 0 Å². The first-order valence-electron chi connectivity index (χ1n) is 11.5. The predicted molar refractivity (Wildman–Crippen MR) is 129 cm³/mol. The molecule has 1 aromatic heterocycles. The van der Waals surface area contributed by atoms with Crippen LogP contribution in [0.2, 0.25) is 0 Å². The molecule has 0 aliphatic rings. The van der Waals surface area contributed by atoms with Crippen molar-refractivity contribution in [2.75, 3.05) is 6.54 Å². The van der Waals surface area contributed by atoms with Crippen LogP contribution in [0, 0.1) is 13.8 Å². The van der Waals surface area contributed by atoms with Gasteiger partial charge in [0.1, 0.15) is 0 Å². The van der Waals surface area contributed by atoms with Crippen molar-refractivity contribution >= 4 is 0 Å². The molecule has 0 saturated heterocycles. The largest absolute Gasteiger partial charge is 0.383 e. The van der Waals surface area contributed by atoms with Crippen molar-refractivity contribution in [2.24, 2.45) is 5.73 Å². The molecule has 2 unspecified atom stereocenters. The van der Waals surface area contributed by atoms with Gasteiger partial charge in [0.2, 0.25) is 0 Å². The predicted octanol–water partition coefficient (Wildman–Crippen LogP) is 5.64. The number of unbranched alkanes of at least 4 members (excludes halogenated alkanes) is 2. The van der Waals surface area contributed by atoms with Crippen LogP contribution in [0.4, 0.5) is 0 Å². The topological polar surface area (TPSA) is 65.9 Å². The third-order valence-corrected chi connectivity index (χ3v) is 6.14. The fraction of sp³-hybridized carbons (Fsp3) is 0.538. The molecule has 4 nitrogen and oxygen atoms in total. The van der Waals surface area contributed by atoms with E-state index in [2.05, 4.69) is 80.2 Å². The highest BCUT2D eigenvalue weighted by Crippen LogP contribution is 2.24. The van der Waals surface area contributed by atoms with E-state index >= 15 is 0 Å². The Labute approximate surface area is 183 Å². The number of aromatic nitrogens is 1. The molecule has 1 heterocycles. The number of hydrogen-bond donors (Lipinski definition) is 4. The van der Waals surface area contributed by atoms with E-state index in [9.17, 15) is 0 Å². The Morgan fingerprint density at radius 2 is 1.83 bits per heavy atom. The molecule has 2 aromatic rings. The lowest BCUT2D eigenvalue weighted by Crippen LogP contribution is -2.46. The number of rotatable bonds is 14. The van der Waals surface area contributed by atoms with Gasteiger partial charge in [0.05, 0.1) is 5.54 Å². The van der Waals surface area contributed by atoms with E-state index in [0.717, 1.165) is 44.5 Å².